The summed E-state index contributed by atoms with van der Waals surface area (Å²) in [6.45, 7) is 3.29. The van der Waals surface area contributed by atoms with Gasteiger partial charge in [-0.25, -0.2) is 9.48 Å². The number of hydrogen-bond acceptors (Lipinski definition) is 9. The Balaban J connectivity index is 1.44. The summed E-state index contributed by atoms with van der Waals surface area (Å²) < 4.78 is 1.50. The Labute approximate surface area is 313 Å². The fourth-order valence-corrected chi connectivity index (χ4v) is 7.66. The van der Waals surface area contributed by atoms with Gasteiger partial charge in [0.25, 0.3) is 5.91 Å². The first-order chi connectivity index (χ1) is 25.7. The van der Waals surface area contributed by atoms with Crippen LogP contribution in [0.4, 0.5) is 4.79 Å². The van der Waals surface area contributed by atoms with Crippen molar-refractivity contribution in [2.75, 3.05) is 13.1 Å². The second kappa shape index (κ2) is 17.8. The monoisotopic (exact) mass is 748 g/mol. The molecule has 292 valence electrons. The predicted octanol–water partition coefficient (Wildman–Crippen LogP) is 2.34. The average molecular weight is 749 g/mol. The molecule has 16 nitrogen and oxygen atoms in total. The van der Waals surface area contributed by atoms with Gasteiger partial charge < -0.3 is 41.9 Å². The van der Waals surface area contributed by atoms with Crippen LogP contribution in [0.15, 0.2) is 48.7 Å². The van der Waals surface area contributed by atoms with Crippen LogP contribution in [0.1, 0.15) is 100 Å². The third-order valence-electron chi connectivity index (χ3n) is 10.5. The summed E-state index contributed by atoms with van der Waals surface area (Å²) in [7, 11) is 0. The Morgan fingerprint density at radius 3 is 2.41 bits per heavy atom. The number of carbonyl (C=O) groups excluding carboxylic acids is 4. The van der Waals surface area contributed by atoms with Gasteiger partial charge in [-0.1, -0.05) is 67.6 Å². The first-order valence-electron chi connectivity index (χ1n) is 18.7. The van der Waals surface area contributed by atoms with Crippen LogP contribution >= 0.6 is 0 Å². The Bertz CT molecular complexity index is 1800. The molecule has 2 unspecified atom stereocenters. The number of nitrogens with two attached hydrogens (primary N) is 1. The summed E-state index contributed by atoms with van der Waals surface area (Å²) in [5.74, 6) is -2.41. The number of carbonyl (C=O) groups is 5. The first-order valence-corrected chi connectivity index (χ1v) is 18.7. The second-order valence-corrected chi connectivity index (χ2v) is 15.0. The molecule has 16 heteroatoms. The van der Waals surface area contributed by atoms with E-state index in [1.165, 1.54) is 15.8 Å². The van der Waals surface area contributed by atoms with E-state index in [4.69, 9.17) is 10.8 Å². The van der Waals surface area contributed by atoms with Gasteiger partial charge in [0.05, 0.1) is 24.0 Å². The summed E-state index contributed by atoms with van der Waals surface area (Å²) in [6.07, 6.45) is 4.67. The second-order valence-electron chi connectivity index (χ2n) is 15.0. The van der Waals surface area contributed by atoms with Crippen LogP contribution in [0.25, 0.3) is 10.8 Å². The highest BCUT2D eigenvalue weighted by atomic mass is 16.4. The van der Waals surface area contributed by atoms with Crippen molar-refractivity contribution in [2.24, 2.45) is 11.7 Å². The summed E-state index contributed by atoms with van der Waals surface area (Å²) in [6, 6.07) is 9.19. The minimum Gasteiger partial charge on any atom is -0.465 e. The van der Waals surface area contributed by atoms with Crippen LogP contribution < -0.4 is 21.7 Å². The van der Waals surface area contributed by atoms with Gasteiger partial charge in [-0.15, -0.1) is 5.10 Å². The third kappa shape index (κ3) is 10.1. The largest absolute Gasteiger partial charge is 0.465 e. The maximum atomic E-state index is 14.8. The summed E-state index contributed by atoms with van der Waals surface area (Å²) >= 11 is 0. The van der Waals surface area contributed by atoms with Gasteiger partial charge in [-0.3, -0.25) is 19.2 Å². The molecule has 1 aromatic heterocycles. The van der Waals surface area contributed by atoms with Gasteiger partial charge in [0.15, 0.2) is 6.10 Å². The number of likely N-dealkylation sites (tertiary alicyclic amines) is 1. The molecular formula is C38H52N8O8. The topological polar surface area (TPSA) is 242 Å². The van der Waals surface area contributed by atoms with Crippen LogP contribution in [-0.4, -0.2) is 102 Å². The van der Waals surface area contributed by atoms with E-state index in [0.29, 0.717) is 30.5 Å². The highest BCUT2D eigenvalue weighted by molar-refractivity contribution is 6.01. The molecule has 5 rings (SSSR count). The minimum absolute atomic E-state index is 0.000267. The molecule has 1 saturated heterocycles. The zero-order valence-corrected chi connectivity index (χ0v) is 30.8. The fourth-order valence-electron chi connectivity index (χ4n) is 7.66. The minimum atomic E-state index is -1.75. The van der Waals surface area contributed by atoms with Gasteiger partial charge in [0, 0.05) is 25.1 Å². The lowest BCUT2D eigenvalue weighted by Gasteiger charge is -2.32. The first kappa shape index (κ1) is 40.1. The van der Waals surface area contributed by atoms with E-state index in [2.05, 4.69) is 26.3 Å². The van der Waals surface area contributed by atoms with Crippen LogP contribution in [0.3, 0.4) is 0 Å². The number of aromatic nitrogens is 3. The third-order valence-corrected chi connectivity index (χ3v) is 10.5. The molecular weight excluding hydrogens is 696 g/mol. The van der Waals surface area contributed by atoms with Crippen LogP contribution in [0.5, 0.6) is 0 Å². The number of carboxylic acid groups (broad SMARTS) is 1. The van der Waals surface area contributed by atoms with Crippen molar-refractivity contribution in [3.8, 4) is 0 Å². The summed E-state index contributed by atoms with van der Waals surface area (Å²) in [5.41, 5.74) is 4.85. The molecule has 0 radical (unpaired) electrons. The molecule has 54 heavy (non-hydrogen) atoms. The molecule has 5 amide bonds. The van der Waals surface area contributed by atoms with E-state index in [0.717, 1.165) is 42.9 Å². The van der Waals surface area contributed by atoms with Crippen LogP contribution in [0.2, 0.25) is 0 Å². The number of unbranched alkanes of at least 4 members (excludes halogenated alkanes) is 1. The maximum absolute atomic E-state index is 14.8. The Hall–Kier alpha value is -5.09. The lowest BCUT2D eigenvalue weighted by Crippen LogP contribution is -2.57. The number of amides is 5. The molecule has 2 fully saturated rings. The Morgan fingerprint density at radius 1 is 1.00 bits per heavy atom. The molecule has 1 saturated carbocycles. The number of aliphatic hydroxyl groups excluding tert-OH is 1. The Kier molecular flexibility index (Phi) is 13.2. The number of nitrogens with zero attached hydrogens (tertiary/aromatic N) is 4. The van der Waals surface area contributed by atoms with Gasteiger partial charge in [-0.05, 0) is 68.4 Å². The molecule has 1 aliphatic heterocycles. The zero-order chi connectivity index (χ0) is 39.0. The van der Waals surface area contributed by atoms with Gasteiger partial charge in [-0.2, -0.15) is 0 Å². The lowest BCUT2D eigenvalue weighted by molar-refractivity contribution is -0.141. The Morgan fingerprint density at radius 2 is 1.72 bits per heavy atom. The van der Waals surface area contributed by atoms with Crippen LogP contribution in [-0.2, 0) is 20.0 Å². The number of fused-ring (bicyclic) bond motifs is 1. The standard InChI is InChI=1S/C38H52N8O8/c1-38(2,54)31-21-41-44-46(31)27-20-30(35(50)42-28(32(47)33(39)48)14-8-9-17-40-37(52)53)45(22-27)36(51)29(18-23-10-4-3-5-11-23)43-34(49)26-16-15-24-12-6-7-13-25(24)19-26/h6-7,12-13,15-16,19,21,23,27-30,32,40,47,54H,3-5,8-11,14,17-18,20,22H2,1-2H3,(H2,39,48)(H,42,50)(H,43,49)(H,52,53)/t27-,28?,29+,30-,32?/m0/s1. The molecule has 0 spiro atoms. The predicted molar refractivity (Wildman–Crippen MR) is 198 cm³/mol. The summed E-state index contributed by atoms with van der Waals surface area (Å²) in [5, 5.41) is 48.5. The summed E-state index contributed by atoms with van der Waals surface area (Å²) in [4.78, 5) is 67.2. The van der Waals surface area contributed by atoms with Gasteiger partial charge in [0.2, 0.25) is 17.7 Å². The number of primary amides is 1. The number of aliphatic hydroxyl groups is 2. The number of benzene rings is 2. The zero-order valence-electron chi connectivity index (χ0n) is 30.8. The number of nitrogens with one attached hydrogen (secondary N) is 3. The molecule has 3 aromatic rings. The highest BCUT2D eigenvalue weighted by Crippen LogP contribution is 2.34. The SMILES string of the molecule is CC(C)(O)c1cnnn1[C@H]1C[C@@H](C(=O)NC(CCCCNC(=O)O)C(O)C(N)=O)N(C(=O)[C@@H](CC2CCCCC2)NC(=O)c2ccc3ccccc3c2)C1. The molecule has 1 aliphatic carbocycles. The molecule has 8 N–H and O–H groups in total. The van der Waals surface area contributed by atoms with Crippen molar-refractivity contribution in [1.82, 2.24) is 35.8 Å². The normalized spacial score (nSPS) is 19.5. The van der Waals surface area contributed by atoms with Gasteiger partial charge in [0.1, 0.15) is 17.7 Å². The lowest BCUT2D eigenvalue weighted by atomic mass is 9.84. The number of hydrogen-bond donors (Lipinski definition) is 7. The van der Waals surface area contributed by atoms with E-state index < -0.39 is 65.6 Å². The molecule has 5 atom stereocenters. The molecule has 0 bridgehead atoms. The number of rotatable bonds is 16. The fraction of sp³-hybridized carbons (Fsp3) is 0.553. The van der Waals surface area contributed by atoms with E-state index in [1.54, 1.807) is 26.0 Å². The van der Waals surface area contributed by atoms with Gasteiger partial charge >= 0.3 is 6.09 Å². The van der Waals surface area contributed by atoms with Crippen molar-refractivity contribution in [3.63, 3.8) is 0 Å². The molecule has 2 heterocycles. The van der Waals surface area contributed by atoms with Crippen molar-refractivity contribution in [3.05, 3.63) is 59.9 Å². The quantitative estimate of drug-likeness (QED) is 0.106. The van der Waals surface area contributed by atoms with E-state index in [-0.39, 0.29) is 31.8 Å². The molecule has 2 aliphatic rings. The van der Waals surface area contributed by atoms with E-state index >= 15 is 0 Å². The maximum Gasteiger partial charge on any atom is 0.404 e. The highest BCUT2D eigenvalue weighted by Gasteiger charge is 2.45. The average Bonchev–Trinajstić information content (AvgIpc) is 3.82. The van der Waals surface area contributed by atoms with Crippen LogP contribution in [0, 0.1) is 5.92 Å². The smallest absolute Gasteiger partial charge is 0.404 e. The van der Waals surface area contributed by atoms with E-state index in [9.17, 15) is 34.2 Å². The molecule has 2 aromatic carbocycles. The van der Waals surface area contributed by atoms with Crippen molar-refractivity contribution >= 4 is 40.5 Å². The van der Waals surface area contributed by atoms with Crippen molar-refractivity contribution in [2.45, 2.75) is 114 Å². The van der Waals surface area contributed by atoms with Crippen molar-refractivity contribution < 1.29 is 39.3 Å². The van der Waals surface area contributed by atoms with E-state index in [1.807, 2.05) is 30.3 Å². The van der Waals surface area contributed by atoms with Crippen molar-refractivity contribution in [1.29, 1.82) is 0 Å².